The Balaban J connectivity index is 1.22. The van der Waals surface area contributed by atoms with E-state index >= 15 is 0 Å². The molecule has 0 aliphatic carbocycles. The highest BCUT2D eigenvalue weighted by Gasteiger charge is 2.26. The van der Waals surface area contributed by atoms with Crippen LogP contribution >= 0.6 is 0 Å². The Morgan fingerprint density at radius 1 is 0.288 bits per heavy atom. The minimum atomic E-state index is 0.380. The van der Waals surface area contributed by atoms with Gasteiger partial charge in [-0.15, -0.1) is 0 Å². The lowest BCUT2D eigenvalue weighted by atomic mass is 9.99. The van der Waals surface area contributed by atoms with Crippen LogP contribution in [0, 0.1) is 34.0 Å². The molecule has 0 spiro atoms. The van der Waals surface area contributed by atoms with Gasteiger partial charge in [0.1, 0.15) is 0 Å². The lowest BCUT2D eigenvalue weighted by molar-refractivity contribution is 1.12. The summed E-state index contributed by atoms with van der Waals surface area (Å²) < 4.78 is 2.24. The van der Waals surface area contributed by atoms with Gasteiger partial charge in [-0.05, 0) is 95.1 Å². The monoisotopic (exact) mass is 930 g/mol. The van der Waals surface area contributed by atoms with Gasteiger partial charge in [0.2, 0.25) is 0 Å². The second-order valence-corrected chi connectivity index (χ2v) is 17.6. The van der Waals surface area contributed by atoms with Gasteiger partial charge in [0.05, 0.1) is 74.4 Å². The minimum Gasteiger partial charge on any atom is -0.308 e. The zero-order chi connectivity index (χ0) is 49.3. The van der Waals surface area contributed by atoms with E-state index in [1.807, 2.05) is 194 Å². The fourth-order valence-corrected chi connectivity index (χ4v) is 9.54. The lowest BCUT2D eigenvalue weighted by Gasteiger charge is -2.20. The number of rotatable bonds is 9. The molecule has 0 N–H and O–H groups in total. The summed E-state index contributed by atoms with van der Waals surface area (Å²) in [5, 5.41) is 32.3. The van der Waals surface area contributed by atoms with Gasteiger partial charge in [-0.3, -0.25) is 0 Å². The molecule has 0 radical (unpaired) electrons. The van der Waals surface area contributed by atoms with Crippen LogP contribution in [0.15, 0.2) is 231 Å². The predicted molar refractivity (Wildman–Crippen MR) is 290 cm³/mol. The van der Waals surface area contributed by atoms with Crippen molar-refractivity contribution in [2.45, 2.75) is 0 Å². The van der Waals surface area contributed by atoms with E-state index < -0.39 is 0 Å². The molecule has 0 aliphatic rings. The number of aromatic nitrogens is 5. The molecule has 73 heavy (non-hydrogen) atoms. The maximum Gasteiger partial charge on any atom is 0.162 e. The summed E-state index contributed by atoms with van der Waals surface area (Å²) >= 11 is 0. The summed E-state index contributed by atoms with van der Waals surface area (Å²) in [6.45, 7) is 0. The number of nitriles is 3. The smallest absolute Gasteiger partial charge is 0.162 e. The maximum atomic E-state index is 11.0. The number of nitrogens with zero attached hydrogens (tertiary/aromatic N) is 8. The van der Waals surface area contributed by atoms with Crippen molar-refractivity contribution in [3.63, 3.8) is 0 Å². The maximum absolute atomic E-state index is 11.0. The van der Waals surface area contributed by atoms with E-state index in [4.69, 9.17) is 19.9 Å². The van der Waals surface area contributed by atoms with Crippen molar-refractivity contribution in [1.82, 2.24) is 24.5 Å². The molecule has 0 unspecified atom stereocenters. The number of fused-ring (bicyclic) bond motifs is 3. The van der Waals surface area contributed by atoms with Gasteiger partial charge in [0.15, 0.2) is 11.6 Å². The summed E-state index contributed by atoms with van der Waals surface area (Å²) in [7, 11) is 0. The predicted octanol–water partition coefficient (Wildman–Crippen LogP) is 15.3. The highest BCUT2D eigenvalue weighted by Crippen LogP contribution is 2.44. The first kappa shape index (κ1) is 43.7. The fourth-order valence-electron chi connectivity index (χ4n) is 9.54. The Hall–Kier alpha value is -10.6. The van der Waals surface area contributed by atoms with Crippen molar-refractivity contribution in [3.8, 4) is 114 Å². The topological polar surface area (TPSA) is 128 Å². The Bertz CT molecular complexity index is 3810. The molecule has 338 valence electrons. The van der Waals surface area contributed by atoms with Gasteiger partial charge in [-0.2, -0.15) is 15.8 Å². The lowest BCUT2D eigenvalue weighted by Crippen LogP contribution is -2.06. The molecule has 8 heteroatoms. The summed E-state index contributed by atoms with van der Waals surface area (Å²) in [6, 6.07) is 83.1. The largest absolute Gasteiger partial charge is 0.308 e. The fraction of sp³-hybridized carbons (Fsp3) is 0. The molecule has 0 saturated carbocycles. The third kappa shape index (κ3) is 8.32. The van der Waals surface area contributed by atoms with Crippen LogP contribution in [0.5, 0.6) is 0 Å². The van der Waals surface area contributed by atoms with Crippen LogP contribution in [0.25, 0.3) is 118 Å². The van der Waals surface area contributed by atoms with E-state index in [0.717, 1.165) is 66.3 Å². The molecule has 12 rings (SSSR count). The van der Waals surface area contributed by atoms with Gasteiger partial charge >= 0.3 is 0 Å². The molecule has 9 aromatic carbocycles. The highest BCUT2D eigenvalue weighted by atomic mass is 15.0. The number of hydrogen-bond acceptors (Lipinski definition) is 7. The first-order chi connectivity index (χ1) is 36.0. The molecule has 0 amide bonds. The Morgan fingerprint density at radius 3 is 0.918 bits per heavy atom. The summed E-state index contributed by atoms with van der Waals surface area (Å²) in [4.78, 5) is 21.5. The van der Waals surface area contributed by atoms with Crippen molar-refractivity contribution in [1.29, 1.82) is 15.8 Å². The van der Waals surface area contributed by atoms with Crippen molar-refractivity contribution in [3.05, 3.63) is 247 Å². The van der Waals surface area contributed by atoms with Crippen LogP contribution in [-0.4, -0.2) is 24.5 Å². The zero-order valence-corrected chi connectivity index (χ0v) is 39.0. The highest BCUT2D eigenvalue weighted by molar-refractivity contribution is 6.13. The molecule has 0 aliphatic heterocycles. The molecule has 0 saturated heterocycles. The van der Waals surface area contributed by atoms with Crippen LogP contribution in [0.3, 0.4) is 0 Å². The summed E-state index contributed by atoms with van der Waals surface area (Å²) in [6.07, 6.45) is 0. The second-order valence-electron chi connectivity index (χ2n) is 17.6. The van der Waals surface area contributed by atoms with Gasteiger partial charge in [-0.25, -0.2) is 19.9 Å². The molecule has 0 bridgehead atoms. The quantitative estimate of drug-likeness (QED) is 0.141. The molecule has 0 atom stereocenters. The Labute approximate surface area is 421 Å². The third-order valence-electron chi connectivity index (χ3n) is 13.1. The first-order valence-corrected chi connectivity index (χ1v) is 23.7. The average Bonchev–Trinajstić information content (AvgIpc) is 3.80. The van der Waals surface area contributed by atoms with E-state index in [1.54, 1.807) is 0 Å². The summed E-state index contributed by atoms with van der Waals surface area (Å²) in [5.41, 5.74) is 15.6. The van der Waals surface area contributed by atoms with Crippen LogP contribution in [-0.2, 0) is 0 Å². The van der Waals surface area contributed by atoms with Crippen LogP contribution in [0.2, 0.25) is 0 Å². The molecule has 8 nitrogen and oxygen atoms in total. The Morgan fingerprint density at radius 2 is 0.603 bits per heavy atom. The van der Waals surface area contributed by atoms with Crippen molar-refractivity contribution >= 4 is 21.8 Å². The SMILES string of the molecule is N#Cc1ccc(-c2ccc3c(c2)c2cc(-c4ccc(C#N)cc4)ccc2n3-c2c(-c3nc(-c4ccccc4)cc(-c4ccccc4)n3)cc(C#N)cc2-c2nc(-c3ccccc3)cc(-c3ccccc3)n2)cc1. The second kappa shape index (κ2) is 18.7. The molecule has 3 heterocycles. The minimum absolute atomic E-state index is 0.380. The normalized spacial score (nSPS) is 11.0. The third-order valence-corrected chi connectivity index (χ3v) is 13.1. The standard InChI is InChI=1S/C65H38N8/c66-39-42-21-25-45(26-22-42)51-29-31-61-53(35-51)54-36-52(46-27-23-43(40-67)24-28-46)30-32-62(54)73(61)63-55(64-69-57(47-13-5-1-6-14-47)37-58(70-64)48-15-7-2-8-16-48)33-44(41-68)34-56(63)65-71-59(49-17-9-3-10-18-49)38-60(72-65)50-19-11-4-12-20-50/h1-38H. The van der Waals surface area contributed by atoms with E-state index in [0.29, 0.717) is 67.9 Å². The van der Waals surface area contributed by atoms with Crippen molar-refractivity contribution in [2.24, 2.45) is 0 Å². The van der Waals surface area contributed by atoms with E-state index in [-0.39, 0.29) is 0 Å². The van der Waals surface area contributed by atoms with Gasteiger partial charge in [0.25, 0.3) is 0 Å². The van der Waals surface area contributed by atoms with E-state index in [1.165, 1.54) is 0 Å². The number of benzene rings is 9. The van der Waals surface area contributed by atoms with Crippen LogP contribution in [0.1, 0.15) is 16.7 Å². The van der Waals surface area contributed by atoms with Crippen LogP contribution < -0.4 is 0 Å². The van der Waals surface area contributed by atoms with Gasteiger partial charge < -0.3 is 4.57 Å². The summed E-state index contributed by atoms with van der Waals surface area (Å²) in [5.74, 6) is 0.823. The number of hydrogen-bond donors (Lipinski definition) is 0. The molecule has 12 aromatic rings. The van der Waals surface area contributed by atoms with E-state index in [9.17, 15) is 15.8 Å². The van der Waals surface area contributed by atoms with Crippen molar-refractivity contribution in [2.75, 3.05) is 0 Å². The van der Waals surface area contributed by atoms with Crippen molar-refractivity contribution < 1.29 is 0 Å². The van der Waals surface area contributed by atoms with E-state index in [2.05, 4.69) is 59.2 Å². The van der Waals surface area contributed by atoms with Gasteiger partial charge in [-0.1, -0.05) is 158 Å². The molecular formula is C65H38N8. The molecule has 3 aromatic heterocycles. The van der Waals surface area contributed by atoms with Gasteiger partial charge in [0, 0.05) is 44.2 Å². The molecular weight excluding hydrogens is 893 g/mol. The zero-order valence-electron chi connectivity index (χ0n) is 39.0. The molecule has 0 fully saturated rings. The van der Waals surface area contributed by atoms with Crippen LogP contribution in [0.4, 0.5) is 0 Å². The average molecular weight is 931 g/mol. The first-order valence-electron chi connectivity index (χ1n) is 23.7. The Kier molecular flexibility index (Phi) is 11.2.